The lowest BCUT2D eigenvalue weighted by Gasteiger charge is -2.12. The van der Waals surface area contributed by atoms with E-state index in [1.54, 1.807) is 25.3 Å². The Morgan fingerprint density at radius 2 is 1.93 bits per heavy atom. The summed E-state index contributed by atoms with van der Waals surface area (Å²) < 4.78 is 11.3. The highest BCUT2D eigenvalue weighted by Crippen LogP contribution is 2.30. The number of nitrogens with one attached hydrogen (secondary N) is 1. The maximum atomic E-state index is 12.3. The summed E-state index contributed by atoms with van der Waals surface area (Å²) in [6, 6.07) is 13.1. The maximum absolute atomic E-state index is 12.3. The molecule has 6 nitrogen and oxygen atoms in total. The summed E-state index contributed by atoms with van der Waals surface area (Å²) in [5.41, 5.74) is 3.25. The quantitative estimate of drug-likeness (QED) is 0.585. The number of methoxy groups -OCH3 is 1. The number of amides is 3. The number of hydrogen-bond donors (Lipinski definition) is 1. The van der Waals surface area contributed by atoms with Gasteiger partial charge in [0.1, 0.15) is 12.3 Å². The number of hydrogen-bond acceptors (Lipinski definition) is 4. The summed E-state index contributed by atoms with van der Waals surface area (Å²) in [6.45, 7) is 4.79. The van der Waals surface area contributed by atoms with E-state index in [2.05, 4.69) is 11.4 Å². The van der Waals surface area contributed by atoms with Crippen LogP contribution in [0.5, 0.6) is 11.5 Å². The summed E-state index contributed by atoms with van der Waals surface area (Å²) in [5.74, 6) is 0.857. The lowest BCUT2D eigenvalue weighted by Crippen LogP contribution is -2.31. The number of imide groups is 1. The van der Waals surface area contributed by atoms with E-state index >= 15 is 0 Å². The Labute approximate surface area is 164 Å². The molecule has 0 aromatic heterocycles. The van der Waals surface area contributed by atoms with Crippen LogP contribution in [-0.2, 0) is 11.4 Å². The molecular formula is C22H24N2O4. The van der Waals surface area contributed by atoms with Gasteiger partial charge in [0.2, 0.25) is 0 Å². The fourth-order valence-corrected chi connectivity index (χ4v) is 3.02. The van der Waals surface area contributed by atoms with E-state index in [4.69, 9.17) is 9.47 Å². The Morgan fingerprint density at radius 1 is 1.11 bits per heavy atom. The molecule has 3 amide bonds. The predicted octanol–water partition coefficient (Wildman–Crippen LogP) is 3.89. The molecule has 1 aliphatic rings. The molecule has 0 spiro atoms. The largest absolute Gasteiger partial charge is 0.493 e. The number of carbonyl (C=O) groups is 2. The van der Waals surface area contributed by atoms with Crippen molar-refractivity contribution in [2.75, 3.05) is 13.7 Å². The average molecular weight is 380 g/mol. The minimum atomic E-state index is -0.386. The van der Waals surface area contributed by atoms with Gasteiger partial charge in [-0.1, -0.05) is 42.8 Å². The third-order valence-corrected chi connectivity index (χ3v) is 4.39. The maximum Gasteiger partial charge on any atom is 0.329 e. The molecule has 0 radical (unpaired) electrons. The average Bonchev–Trinajstić information content (AvgIpc) is 2.94. The zero-order valence-electron chi connectivity index (χ0n) is 16.3. The molecule has 146 valence electrons. The summed E-state index contributed by atoms with van der Waals surface area (Å²) >= 11 is 0. The second-order valence-electron chi connectivity index (χ2n) is 6.63. The van der Waals surface area contributed by atoms with E-state index in [1.165, 1.54) is 10.5 Å². The van der Waals surface area contributed by atoms with Crippen molar-refractivity contribution in [2.24, 2.45) is 0 Å². The van der Waals surface area contributed by atoms with Crippen LogP contribution in [0.3, 0.4) is 0 Å². The first-order chi connectivity index (χ1) is 13.5. The Morgan fingerprint density at radius 3 is 2.64 bits per heavy atom. The molecule has 0 aliphatic carbocycles. The van der Waals surface area contributed by atoms with Crippen LogP contribution < -0.4 is 14.8 Å². The molecule has 28 heavy (non-hydrogen) atoms. The van der Waals surface area contributed by atoms with E-state index in [9.17, 15) is 9.59 Å². The third kappa shape index (κ3) is 4.34. The summed E-state index contributed by atoms with van der Waals surface area (Å²) in [5, 5.41) is 2.62. The van der Waals surface area contributed by atoms with Crippen LogP contribution in [0.15, 0.2) is 48.2 Å². The Balaban J connectivity index is 1.76. The van der Waals surface area contributed by atoms with Crippen LogP contribution in [0.25, 0.3) is 6.08 Å². The highest BCUT2D eigenvalue weighted by molar-refractivity contribution is 6.13. The number of rotatable bonds is 7. The standard InChI is InChI=1S/C22H24N2O4/c1-4-10-24-21(25)18(23-22(24)26)12-16-8-9-19(20(13-16)27-3)28-14-17-7-5-6-15(2)11-17/h5-9,11-13H,4,10,14H2,1-3H3,(H,23,26)/b18-12+. The van der Waals surface area contributed by atoms with Crippen molar-refractivity contribution in [3.8, 4) is 11.5 Å². The Kier molecular flexibility index (Phi) is 5.99. The van der Waals surface area contributed by atoms with Crippen molar-refractivity contribution in [1.82, 2.24) is 10.2 Å². The highest BCUT2D eigenvalue weighted by Gasteiger charge is 2.32. The van der Waals surface area contributed by atoms with E-state index in [0.29, 0.717) is 31.1 Å². The van der Waals surface area contributed by atoms with Gasteiger partial charge >= 0.3 is 6.03 Å². The van der Waals surface area contributed by atoms with Crippen molar-refractivity contribution in [3.63, 3.8) is 0 Å². The number of benzene rings is 2. The van der Waals surface area contributed by atoms with Gasteiger partial charge in [0.05, 0.1) is 7.11 Å². The third-order valence-electron chi connectivity index (χ3n) is 4.39. The van der Waals surface area contributed by atoms with Crippen LogP contribution in [0.4, 0.5) is 4.79 Å². The molecule has 0 bridgehead atoms. The Hall–Kier alpha value is -3.28. The topological polar surface area (TPSA) is 67.9 Å². The lowest BCUT2D eigenvalue weighted by atomic mass is 10.1. The minimum Gasteiger partial charge on any atom is -0.493 e. The Bertz CT molecular complexity index is 921. The second-order valence-corrected chi connectivity index (χ2v) is 6.63. The van der Waals surface area contributed by atoms with E-state index in [1.807, 2.05) is 38.1 Å². The van der Waals surface area contributed by atoms with Crippen molar-refractivity contribution in [1.29, 1.82) is 0 Å². The molecule has 1 N–H and O–H groups in total. The summed E-state index contributed by atoms with van der Waals surface area (Å²) in [4.78, 5) is 25.5. The molecule has 1 saturated heterocycles. The van der Waals surface area contributed by atoms with Crippen LogP contribution in [-0.4, -0.2) is 30.5 Å². The first-order valence-electron chi connectivity index (χ1n) is 9.22. The van der Waals surface area contributed by atoms with Crippen molar-refractivity contribution in [2.45, 2.75) is 26.9 Å². The first-order valence-corrected chi connectivity index (χ1v) is 9.22. The molecule has 0 atom stereocenters. The van der Waals surface area contributed by atoms with Gasteiger partial charge in [0.25, 0.3) is 5.91 Å². The number of aryl methyl sites for hydroxylation is 1. The predicted molar refractivity (Wildman–Crippen MR) is 107 cm³/mol. The van der Waals surface area contributed by atoms with Gasteiger partial charge in [-0.15, -0.1) is 0 Å². The molecule has 2 aromatic rings. The summed E-state index contributed by atoms with van der Waals surface area (Å²) in [6.07, 6.45) is 2.36. The van der Waals surface area contributed by atoms with Gasteiger partial charge in [-0.05, 0) is 42.7 Å². The minimum absolute atomic E-state index is 0.258. The molecular weight excluding hydrogens is 356 g/mol. The first kappa shape index (κ1) is 19.5. The van der Waals surface area contributed by atoms with Crippen molar-refractivity contribution < 1.29 is 19.1 Å². The zero-order chi connectivity index (χ0) is 20.1. The molecule has 1 aliphatic heterocycles. The SMILES string of the molecule is CCCN1C(=O)N/C(=C/c2ccc(OCc3cccc(C)c3)c(OC)c2)C1=O. The second kappa shape index (κ2) is 8.61. The van der Waals surface area contributed by atoms with E-state index in [0.717, 1.165) is 11.1 Å². The molecule has 2 aromatic carbocycles. The van der Waals surface area contributed by atoms with Crippen LogP contribution >= 0.6 is 0 Å². The van der Waals surface area contributed by atoms with E-state index < -0.39 is 0 Å². The highest BCUT2D eigenvalue weighted by atomic mass is 16.5. The number of carbonyl (C=O) groups excluding carboxylic acids is 2. The van der Waals surface area contributed by atoms with Gasteiger partial charge in [-0.25, -0.2) is 4.79 Å². The number of nitrogens with zero attached hydrogens (tertiary/aromatic N) is 1. The van der Waals surface area contributed by atoms with Gasteiger partial charge in [0, 0.05) is 6.54 Å². The van der Waals surface area contributed by atoms with Crippen LogP contribution in [0, 0.1) is 6.92 Å². The van der Waals surface area contributed by atoms with Crippen molar-refractivity contribution >= 4 is 18.0 Å². The number of ether oxygens (including phenoxy) is 2. The zero-order valence-corrected chi connectivity index (χ0v) is 16.3. The normalized spacial score (nSPS) is 15.1. The number of urea groups is 1. The molecule has 1 heterocycles. The van der Waals surface area contributed by atoms with Gasteiger partial charge in [-0.2, -0.15) is 0 Å². The summed E-state index contributed by atoms with van der Waals surface area (Å²) in [7, 11) is 1.57. The lowest BCUT2D eigenvalue weighted by molar-refractivity contribution is -0.122. The monoisotopic (exact) mass is 380 g/mol. The molecule has 3 rings (SSSR count). The molecule has 1 fully saturated rings. The molecule has 0 saturated carbocycles. The smallest absolute Gasteiger partial charge is 0.329 e. The van der Waals surface area contributed by atoms with Gasteiger partial charge in [-0.3, -0.25) is 9.69 Å². The fraction of sp³-hybridized carbons (Fsp3) is 0.273. The fourth-order valence-electron chi connectivity index (χ4n) is 3.02. The molecule has 0 unspecified atom stereocenters. The van der Waals surface area contributed by atoms with Gasteiger partial charge < -0.3 is 14.8 Å². The van der Waals surface area contributed by atoms with E-state index in [-0.39, 0.29) is 17.6 Å². The van der Waals surface area contributed by atoms with Gasteiger partial charge in [0.15, 0.2) is 11.5 Å². The molecule has 6 heteroatoms. The van der Waals surface area contributed by atoms with Crippen LogP contribution in [0.2, 0.25) is 0 Å². The van der Waals surface area contributed by atoms with Crippen molar-refractivity contribution in [3.05, 3.63) is 64.9 Å². The van der Waals surface area contributed by atoms with Crippen LogP contribution in [0.1, 0.15) is 30.0 Å².